The van der Waals surface area contributed by atoms with Crippen molar-refractivity contribution in [2.24, 2.45) is 5.92 Å². The smallest absolute Gasteiger partial charge is 0.311 e. The summed E-state index contributed by atoms with van der Waals surface area (Å²) in [6, 6.07) is 0. The molecule has 0 atom stereocenters. The lowest BCUT2D eigenvalue weighted by molar-refractivity contribution is -0.141. The van der Waals surface area contributed by atoms with Crippen molar-refractivity contribution in [2.45, 2.75) is 39.5 Å². The lowest BCUT2D eigenvalue weighted by atomic mass is 9.96. The van der Waals surface area contributed by atoms with Gasteiger partial charge in [0.1, 0.15) is 5.76 Å². The lowest BCUT2D eigenvalue weighted by Crippen LogP contribution is -2.17. The minimum absolute atomic E-state index is 0.100. The number of carbonyl (C=O) groups excluding carboxylic acids is 1. The van der Waals surface area contributed by atoms with Crippen LogP contribution in [0.2, 0.25) is 0 Å². The molecule has 0 spiro atoms. The van der Waals surface area contributed by atoms with Gasteiger partial charge < -0.3 is 9.84 Å². The number of cyclic esters (lactones) is 1. The Kier molecular flexibility index (Phi) is 3.88. The van der Waals surface area contributed by atoms with E-state index in [0.29, 0.717) is 25.0 Å². The van der Waals surface area contributed by atoms with E-state index in [2.05, 4.69) is 0 Å². The second kappa shape index (κ2) is 4.96. The summed E-state index contributed by atoms with van der Waals surface area (Å²) >= 11 is 0. The third-order valence-corrected chi connectivity index (χ3v) is 2.37. The first-order valence-corrected chi connectivity index (χ1v) is 5.15. The van der Waals surface area contributed by atoms with E-state index in [9.17, 15) is 9.59 Å². The molecular weight excluding hydrogens is 196 g/mol. The van der Waals surface area contributed by atoms with Crippen molar-refractivity contribution in [3.63, 3.8) is 0 Å². The van der Waals surface area contributed by atoms with Crippen molar-refractivity contribution in [1.82, 2.24) is 0 Å². The van der Waals surface area contributed by atoms with Crippen LogP contribution in [0.25, 0.3) is 0 Å². The fourth-order valence-electron chi connectivity index (χ4n) is 1.65. The van der Waals surface area contributed by atoms with Gasteiger partial charge in [-0.3, -0.25) is 9.59 Å². The highest BCUT2D eigenvalue weighted by Gasteiger charge is 2.22. The molecule has 1 aliphatic rings. The molecule has 0 fully saturated rings. The summed E-state index contributed by atoms with van der Waals surface area (Å²) in [7, 11) is 0. The van der Waals surface area contributed by atoms with Crippen molar-refractivity contribution >= 4 is 11.9 Å². The van der Waals surface area contributed by atoms with Crippen LogP contribution in [0.4, 0.5) is 0 Å². The molecule has 1 rings (SSSR count). The molecule has 0 bridgehead atoms. The van der Waals surface area contributed by atoms with E-state index >= 15 is 0 Å². The monoisotopic (exact) mass is 212 g/mol. The second-order valence-electron chi connectivity index (χ2n) is 3.99. The van der Waals surface area contributed by atoms with E-state index in [1.54, 1.807) is 0 Å². The number of hydrogen-bond donors (Lipinski definition) is 1. The average Bonchev–Trinajstić information content (AvgIpc) is 2.15. The number of esters is 1. The van der Waals surface area contributed by atoms with Crippen molar-refractivity contribution in [3.05, 3.63) is 11.3 Å². The second-order valence-corrected chi connectivity index (χ2v) is 3.99. The van der Waals surface area contributed by atoms with Crippen molar-refractivity contribution in [1.29, 1.82) is 0 Å². The maximum absolute atomic E-state index is 11.1. The van der Waals surface area contributed by atoms with Gasteiger partial charge in [-0.15, -0.1) is 0 Å². The number of carboxylic acids is 1. The van der Waals surface area contributed by atoms with E-state index in [4.69, 9.17) is 9.84 Å². The highest BCUT2D eigenvalue weighted by Crippen LogP contribution is 2.28. The third-order valence-electron chi connectivity index (χ3n) is 2.37. The van der Waals surface area contributed by atoms with E-state index in [0.717, 1.165) is 5.57 Å². The lowest BCUT2D eigenvalue weighted by Gasteiger charge is -2.22. The predicted molar refractivity (Wildman–Crippen MR) is 54.1 cm³/mol. The molecule has 84 valence electrons. The molecule has 0 aliphatic carbocycles. The van der Waals surface area contributed by atoms with Crippen LogP contribution in [-0.2, 0) is 14.3 Å². The van der Waals surface area contributed by atoms with Gasteiger partial charge >= 0.3 is 11.9 Å². The molecular formula is C11H16O4. The molecule has 4 heteroatoms. The fraction of sp³-hybridized carbons (Fsp3) is 0.636. The van der Waals surface area contributed by atoms with E-state index in [1.165, 1.54) is 0 Å². The first-order chi connectivity index (χ1) is 7.00. The van der Waals surface area contributed by atoms with Crippen molar-refractivity contribution < 1.29 is 19.4 Å². The SMILES string of the molecule is CC(C)C1=C(CCC(=O)O)CCC(=O)O1. The Morgan fingerprint density at radius 3 is 2.67 bits per heavy atom. The van der Waals surface area contributed by atoms with Crippen LogP contribution >= 0.6 is 0 Å². The molecule has 1 N–H and O–H groups in total. The molecule has 0 aromatic carbocycles. The van der Waals surface area contributed by atoms with Gasteiger partial charge in [0.2, 0.25) is 0 Å². The Bertz CT molecular complexity index is 302. The van der Waals surface area contributed by atoms with Gasteiger partial charge in [0.15, 0.2) is 0 Å². The number of ether oxygens (including phenoxy) is 1. The van der Waals surface area contributed by atoms with Gasteiger partial charge in [-0.2, -0.15) is 0 Å². The fourth-order valence-corrected chi connectivity index (χ4v) is 1.65. The summed E-state index contributed by atoms with van der Waals surface area (Å²) in [4.78, 5) is 21.5. The maximum Gasteiger partial charge on any atom is 0.311 e. The van der Waals surface area contributed by atoms with Crippen molar-refractivity contribution in [2.75, 3.05) is 0 Å². The molecule has 1 heterocycles. The van der Waals surface area contributed by atoms with Gasteiger partial charge in [0, 0.05) is 18.8 Å². The Balaban J connectivity index is 2.74. The van der Waals surface area contributed by atoms with Gasteiger partial charge in [-0.1, -0.05) is 13.8 Å². The maximum atomic E-state index is 11.1. The zero-order valence-corrected chi connectivity index (χ0v) is 9.08. The molecule has 0 aromatic rings. The molecule has 0 amide bonds. The van der Waals surface area contributed by atoms with Crippen LogP contribution in [0.15, 0.2) is 11.3 Å². The summed E-state index contributed by atoms with van der Waals surface area (Å²) in [6.45, 7) is 3.88. The molecule has 0 unspecified atom stereocenters. The molecule has 1 aliphatic heterocycles. The highest BCUT2D eigenvalue weighted by molar-refractivity contribution is 5.72. The molecule has 0 radical (unpaired) electrons. The van der Waals surface area contributed by atoms with Gasteiger partial charge in [0.25, 0.3) is 0 Å². The summed E-state index contributed by atoms with van der Waals surface area (Å²) in [5.41, 5.74) is 0.979. The van der Waals surface area contributed by atoms with Crippen LogP contribution in [0, 0.1) is 5.92 Å². The summed E-state index contributed by atoms with van der Waals surface area (Å²) in [6.07, 6.45) is 1.59. The number of rotatable bonds is 4. The van der Waals surface area contributed by atoms with Gasteiger partial charge in [-0.05, 0) is 18.4 Å². The Morgan fingerprint density at radius 1 is 1.47 bits per heavy atom. The number of carboxylic acid groups (broad SMARTS) is 1. The summed E-state index contributed by atoms with van der Waals surface area (Å²) < 4.78 is 5.14. The third kappa shape index (κ3) is 3.38. The standard InChI is InChI=1S/C11H16O4/c1-7(2)11-8(3-5-9(12)13)4-6-10(14)15-11/h7H,3-6H2,1-2H3,(H,12,13). The topological polar surface area (TPSA) is 63.6 Å². The summed E-state index contributed by atoms with van der Waals surface area (Å²) in [5, 5.41) is 8.59. The molecule has 0 saturated heterocycles. The van der Waals surface area contributed by atoms with Gasteiger partial charge in [-0.25, -0.2) is 0 Å². The van der Waals surface area contributed by atoms with Gasteiger partial charge in [0.05, 0.1) is 0 Å². The van der Waals surface area contributed by atoms with E-state index in [1.807, 2.05) is 13.8 Å². The minimum atomic E-state index is -0.817. The largest absolute Gasteiger partial charge is 0.481 e. The molecule has 0 saturated carbocycles. The Hall–Kier alpha value is -1.32. The van der Waals surface area contributed by atoms with E-state index in [-0.39, 0.29) is 18.3 Å². The number of aliphatic carboxylic acids is 1. The van der Waals surface area contributed by atoms with Crippen LogP contribution in [0.3, 0.4) is 0 Å². The number of hydrogen-bond acceptors (Lipinski definition) is 3. The first kappa shape index (κ1) is 11.8. The Labute approximate surface area is 88.9 Å². The normalized spacial score (nSPS) is 16.9. The Morgan fingerprint density at radius 2 is 2.13 bits per heavy atom. The summed E-state index contributed by atoms with van der Waals surface area (Å²) in [5.74, 6) is -0.217. The molecule has 4 nitrogen and oxygen atoms in total. The predicted octanol–water partition coefficient (Wildman–Crippen LogP) is 2.10. The zero-order chi connectivity index (χ0) is 11.4. The molecule has 15 heavy (non-hydrogen) atoms. The quantitative estimate of drug-likeness (QED) is 0.725. The number of carbonyl (C=O) groups is 2. The molecule has 0 aromatic heterocycles. The highest BCUT2D eigenvalue weighted by atomic mass is 16.5. The minimum Gasteiger partial charge on any atom is -0.481 e. The average molecular weight is 212 g/mol. The number of allylic oxidation sites excluding steroid dienone is 2. The van der Waals surface area contributed by atoms with Crippen LogP contribution in [0.5, 0.6) is 0 Å². The zero-order valence-electron chi connectivity index (χ0n) is 9.08. The van der Waals surface area contributed by atoms with E-state index < -0.39 is 5.97 Å². The van der Waals surface area contributed by atoms with Crippen LogP contribution < -0.4 is 0 Å². The first-order valence-electron chi connectivity index (χ1n) is 5.15. The van der Waals surface area contributed by atoms with Crippen LogP contribution in [-0.4, -0.2) is 17.0 Å². The van der Waals surface area contributed by atoms with Crippen molar-refractivity contribution in [3.8, 4) is 0 Å². The van der Waals surface area contributed by atoms with Crippen LogP contribution in [0.1, 0.15) is 39.5 Å².